The molecule has 1 unspecified atom stereocenters. The Balaban J connectivity index is 1.67. The number of amides is 1. The molecule has 1 aliphatic heterocycles. The van der Waals surface area contributed by atoms with Crippen LogP contribution in [0.1, 0.15) is 51.9 Å². The first-order valence-electron chi connectivity index (χ1n) is 8.26. The number of hydrogen-bond acceptors (Lipinski definition) is 3. The monoisotopic (exact) mass is 282 g/mol. The number of hydrogen-bond donors (Lipinski definition) is 2. The maximum atomic E-state index is 12.1. The quantitative estimate of drug-likeness (QED) is 0.811. The minimum atomic E-state index is 0.236. The molecule has 4 heteroatoms. The maximum Gasteiger partial charge on any atom is 0.220 e. The van der Waals surface area contributed by atoms with Crippen LogP contribution in [0.4, 0.5) is 0 Å². The lowest BCUT2D eigenvalue weighted by Gasteiger charge is -2.30. The van der Waals surface area contributed by atoms with Crippen molar-refractivity contribution in [3.05, 3.63) is 0 Å². The summed E-state index contributed by atoms with van der Waals surface area (Å²) in [6, 6.07) is 0.284. The second kappa shape index (κ2) is 7.99. The summed E-state index contributed by atoms with van der Waals surface area (Å²) in [5.41, 5.74) is 5.71. The van der Waals surface area contributed by atoms with Crippen LogP contribution in [-0.4, -0.2) is 31.7 Å². The highest BCUT2D eigenvalue weighted by molar-refractivity contribution is 5.76. The zero-order chi connectivity index (χ0) is 14.4. The molecule has 2 rings (SSSR count). The van der Waals surface area contributed by atoms with Crippen molar-refractivity contribution in [3.63, 3.8) is 0 Å². The number of carbonyl (C=O) groups excluding carboxylic acids is 1. The fourth-order valence-electron chi connectivity index (χ4n) is 3.58. The molecule has 1 saturated heterocycles. The molecule has 0 aromatic heterocycles. The highest BCUT2D eigenvalue weighted by Gasteiger charge is 2.25. The highest BCUT2D eigenvalue weighted by atomic mass is 16.5. The van der Waals surface area contributed by atoms with E-state index in [9.17, 15) is 4.79 Å². The predicted molar refractivity (Wildman–Crippen MR) is 80.3 cm³/mol. The average Bonchev–Trinajstić information content (AvgIpc) is 2.49. The van der Waals surface area contributed by atoms with Gasteiger partial charge < -0.3 is 15.8 Å². The molecule has 1 atom stereocenters. The van der Waals surface area contributed by atoms with Crippen molar-refractivity contribution in [2.24, 2.45) is 23.5 Å². The molecule has 3 N–H and O–H groups in total. The third kappa shape index (κ3) is 4.74. The van der Waals surface area contributed by atoms with Gasteiger partial charge in [-0.25, -0.2) is 0 Å². The van der Waals surface area contributed by atoms with Gasteiger partial charge in [0.1, 0.15) is 0 Å². The van der Waals surface area contributed by atoms with E-state index in [-0.39, 0.29) is 11.9 Å². The van der Waals surface area contributed by atoms with Gasteiger partial charge in [-0.15, -0.1) is 0 Å². The van der Waals surface area contributed by atoms with Crippen molar-refractivity contribution in [3.8, 4) is 0 Å². The zero-order valence-corrected chi connectivity index (χ0v) is 12.8. The smallest absolute Gasteiger partial charge is 0.220 e. The van der Waals surface area contributed by atoms with Gasteiger partial charge in [0.15, 0.2) is 0 Å². The number of nitrogens with one attached hydrogen (secondary N) is 1. The number of rotatable bonds is 5. The highest BCUT2D eigenvalue weighted by Crippen LogP contribution is 2.30. The van der Waals surface area contributed by atoms with E-state index < -0.39 is 0 Å². The Morgan fingerprint density at radius 1 is 1.15 bits per heavy atom. The van der Waals surface area contributed by atoms with Crippen molar-refractivity contribution in [2.45, 2.75) is 57.9 Å². The Kier molecular flexibility index (Phi) is 6.30. The van der Waals surface area contributed by atoms with E-state index in [4.69, 9.17) is 10.5 Å². The van der Waals surface area contributed by atoms with Crippen molar-refractivity contribution in [1.82, 2.24) is 5.32 Å². The van der Waals surface area contributed by atoms with Crippen molar-refractivity contribution in [2.75, 3.05) is 19.8 Å². The first-order chi connectivity index (χ1) is 9.69. The fourth-order valence-corrected chi connectivity index (χ4v) is 3.58. The predicted octanol–water partition coefficient (Wildman–Crippen LogP) is 2.07. The molecule has 1 aliphatic carbocycles. The molecule has 1 saturated carbocycles. The van der Waals surface area contributed by atoms with E-state index in [1.54, 1.807) is 0 Å². The number of carbonyl (C=O) groups is 1. The summed E-state index contributed by atoms with van der Waals surface area (Å²) in [6.07, 6.45) is 7.58. The third-order valence-corrected chi connectivity index (χ3v) is 5.14. The van der Waals surface area contributed by atoms with E-state index in [0.29, 0.717) is 24.2 Å². The first kappa shape index (κ1) is 15.8. The van der Waals surface area contributed by atoms with Gasteiger partial charge >= 0.3 is 0 Å². The molecular weight excluding hydrogens is 252 g/mol. The fraction of sp³-hybridized carbons (Fsp3) is 0.938. The summed E-state index contributed by atoms with van der Waals surface area (Å²) in [5, 5.41) is 3.20. The van der Waals surface area contributed by atoms with Crippen LogP contribution in [0.25, 0.3) is 0 Å². The van der Waals surface area contributed by atoms with Gasteiger partial charge in [0.05, 0.1) is 0 Å². The minimum absolute atomic E-state index is 0.236. The van der Waals surface area contributed by atoms with E-state index in [2.05, 4.69) is 12.2 Å². The van der Waals surface area contributed by atoms with Gasteiger partial charge in [0.25, 0.3) is 0 Å². The topological polar surface area (TPSA) is 64.4 Å². The molecule has 0 radical (unpaired) electrons. The molecule has 1 heterocycles. The third-order valence-electron chi connectivity index (χ3n) is 5.14. The molecule has 4 nitrogen and oxygen atoms in total. The Hall–Kier alpha value is -0.610. The summed E-state index contributed by atoms with van der Waals surface area (Å²) in [7, 11) is 0. The van der Waals surface area contributed by atoms with Gasteiger partial charge in [0, 0.05) is 25.7 Å². The van der Waals surface area contributed by atoms with Crippen LogP contribution in [-0.2, 0) is 9.53 Å². The van der Waals surface area contributed by atoms with Gasteiger partial charge in [-0.1, -0.05) is 0 Å². The summed E-state index contributed by atoms with van der Waals surface area (Å²) in [4.78, 5) is 12.1. The van der Waals surface area contributed by atoms with E-state index in [0.717, 1.165) is 32.6 Å². The number of ether oxygens (including phenoxy) is 1. The largest absolute Gasteiger partial charge is 0.381 e. The summed E-state index contributed by atoms with van der Waals surface area (Å²) < 4.78 is 5.37. The molecular formula is C16H30N2O2. The van der Waals surface area contributed by atoms with Crippen molar-refractivity contribution >= 4 is 5.91 Å². The molecule has 0 aromatic carbocycles. The Morgan fingerprint density at radius 2 is 1.75 bits per heavy atom. The lowest BCUT2D eigenvalue weighted by molar-refractivity contribution is -0.123. The second-order valence-electron chi connectivity index (χ2n) is 6.63. The van der Waals surface area contributed by atoms with Crippen LogP contribution < -0.4 is 11.1 Å². The van der Waals surface area contributed by atoms with Crippen LogP contribution in [0.2, 0.25) is 0 Å². The summed E-state index contributed by atoms with van der Waals surface area (Å²) >= 11 is 0. The first-order valence-corrected chi connectivity index (χ1v) is 8.26. The Bertz CT molecular complexity index is 295. The number of nitrogens with two attached hydrogens (primary N) is 1. The lowest BCUT2D eigenvalue weighted by Crippen LogP contribution is -2.41. The SMILES string of the molecule is CC(NC(=O)CC1CCC(CN)CC1)C1CCOCC1. The minimum Gasteiger partial charge on any atom is -0.381 e. The Labute approximate surface area is 122 Å². The molecule has 0 aromatic rings. The Morgan fingerprint density at radius 3 is 2.35 bits per heavy atom. The van der Waals surface area contributed by atoms with Gasteiger partial charge in [0.2, 0.25) is 5.91 Å². The van der Waals surface area contributed by atoms with Crippen LogP contribution in [0.5, 0.6) is 0 Å². The second-order valence-corrected chi connectivity index (χ2v) is 6.63. The maximum absolute atomic E-state index is 12.1. The summed E-state index contributed by atoms with van der Waals surface area (Å²) in [6.45, 7) is 4.63. The molecule has 116 valence electrons. The van der Waals surface area contributed by atoms with Gasteiger partial charge in [-0.2, -0.15) is 0 Å². The van der Waals surface area contributed by atoms with E-state index in [1.807, 2.05) is 0 Å². The molecule has 20 heavy (non-hydrogen) atoms. The zero-order valence-electron chi connectivity index (χ0n) is 12.8. The molecule has 0 spiro atoms. The van der Waals surface area contributed by atoms with E-state index in [1.165, 1.54) is 25.7 Å². The van der Waals surface area contributed by atoms with Crippen LogP contribution in [0, 0.1) is 17.8 Å². The van der Waals surface area contributed by atoms with Gasteiger partial charge in [-0.3, -0.25) is 4.79 Å². The molecule has 0 bridgehead atoms. The van der Waals surface area contributed by atoms with Gasteiger partial charge in [-0.05, 0) is 69.7 Å². The van der Waals surface area contributed by atoms with Crippen LogP contribution in [0.15, 0.2) is 0 Å². The molecule has 2 aliphatic rings. The molecule has 1 amide bonds. The van der Waals surface area contributed by atoms with Crippen LogP contribution in [0.3, 0.4) is 0 Å². The standard InChI is InChI=1S/C16H30N2O2/c1-12(15-6-8-20-9-7-15)18-16(19)10-13-2-4-14(11-17)5-3-13/h12-15H,2-11,17H2,1H3,(H,18,19). The van der Waals surface area contributed by atoms with Crippen LogP contribution >= 0.6 is 0 Å². The van der Waals surface area contributed by atoms with Crippen molar-refractivity contribution in [1.29, 1.82) is 0 Å². The van der Waals surface area contributed by atoms with E-state index >= 15 is 0 Å². The lowest BCUT2D eigenvalue weighted by atomic mass is 9.80. The average molecular weight is 282 g/mol. The summed E-state index contributed by atoms with van der Waals surface area (Å²) in [5.74, 6) is 2.08. The molecule has 2 fully saturated rings. The van der Waals surface area contributed by atoms with Crippen molar-refractivity contribution < 1.29 is 9.53 Å². The normalized spacial score (nSPS) is 29.9.